The Labute approximate surface area is 112 Å². The van der Waals surface area contributed by atoms with Crippen molar-refractivity contribution in [1.29, 1.82) is 0 Å². The van der Waals surface area contributed by atoms with E-state index in [1.54, 1.807) is 13.1 Å². The quantitative estimate of drug-likeness (QED) is 0.887. The van der Waals surface area contributed by atoms with Gasteiger partial charge in [-0.25, -0.2) is 0 Å². The summed E-state index contributed by atoms with van der Waals surface area (Å²) in [6.07, 6.45) is 1.87. The highest BCUT2D eigenvalue weighted by molar-refractivity contribution is 5.53. The van der Waals surface area contributed by atoms with Crippen LogP contribution in [0.5, 0.6) is 0 Å². The fourth-order valence-corrected chi connectivity index (χ4v) is 1.49. The number of aromatic nitrogens is 3. The van der Waals surface area contributed by atoms with Crippen molar-refractivity contribution in [1.82, 2.24) is 15.1 Å². The SMILES string of the molecule is CC(C)OCc1cc(-c2noc([C@H](C)N)n2)ccn1. The van der Waals surface area contributed by atoms with Crippen LogP contribution in [0.1, 0.15) is 38.4 Å². The van der Waals surface area contributed by atoms with Gasteiger partial charge in [-0.2, -0.15) is 4.98 Å². The van der Waals surface area contributed by atoms with Gasteiger partial charge in [0, 0.05) is 11.8 Å². The van der Waals surface area contributed by atoms with Crippen molar-refractivity contribution >= 4 is 0 Å². The Morgan fingerprint density at radius 1 is 1.37 bits per heavy atom. The molecule has 0 aromatic carbocycles. The van der Waals surface area contributed by atoms with E-state index in [1.165, 1.54) is 0 Å². The Morgan fingerprint density at radius 3 is 2.79 bits per heavy atom. The predicted octanol–water partition coefficient (Wildman–Crippen LogP) is 2.08. The van der Waals surface area contributed by atoms with Crippen LogP contribution >= 0.6 is 0 Å². The molecule has 0 unspecified atom stereocenters. The molecule has 0 bridgehead atoms. The lowest BCUT2D eigenvalue weighted by Crippen LogP contribution is -2.05. The van der Waals surface area contributed by atoms with Gasteiger partial charge in [0.1, 0.15) is 0 Å². The molecule has 0 aliphatic heterocycles. The van der Waals surface area contributed by atoms with Crippen LogP contribution in [0.3, 0.4) is 0 Å². The van der Waals surface area contributed by atoms with E-state index in [1.807, 2.05) is 26.0 Å². The number of hydrogen-bond donors (Lipinski definition) is 1. The van der Waals surface area contributed by atoms with Gasteiger partial charge in [0.25, 0.3) is 0 Å². The number of nitrogens with zero attached hydrogens (tertiary/aromatic N) is 3. The summed E-state index contributed by atoms with van der Waals surface area (Å²) in [5.74, 6) is 0.937. The Morgan fingerprint density at radius 2 is 2.16 bits per heavy atom. The van der Waals surface area contributed by atoms with E-state index in [9.17, 15) is 0 Å². The molecule has 6 heteroatoms. The standard InChI is InChI=1S/C13H18N4O2/c1-8(2)18-7-11-6-10(4-5-15-11)12-16-13(9(3)14)19-17-12/h4-6,8-9H,7,14H2,1-3H3/t9-/m0/s1. The molecule has 0 saturated heterocycles. The van der Waals surface area contributed by atoms with Crippen LogP contribution in [-0.2, 0) is 11.3 Å². The van der Waals surface area contributed by atoms with Crippen molar-refractivity contribution in [3.63, 3.8) is 0 Å². The lowest BCUT2D eigenvalue weighted by Gasteiger charge is -2.06. The van der Waals surface area contributed by atoms with Crippen LogP contribution in [0.25, 0.3) is 11.4 Å². The lowest BCUT2D eigenvalue weighted by atomic mass is 10.2. The first-order chi connectivity index (χ1) is 9.06. The third kappa shape index (κ3) is 3.59. The predicted molar refractivity (Wildman–Crippen MR) is 70.1 cm³/mol. The summed E-state index contributed by atoms with van der Waals surface area (Å²) >= 11 is 0. The minimum Gasteiger partial charge on any atom is -0.373 e. The van der Waals surface area contributed by atoms with Crippen molar-refractivity contribution in [3.05, 3.63) is 29.9 Å². The molecule has 2 rings (SSSR count). The summed E-state index contributed by atoms with van der Waals surface area (Å²) in [6.45, 7) is 6.23. The molecule has 2 heterocycles. The van der Waals surface area contributed by atoms with E-state index in [2.05, 4.69) is 15.1 Å². The van der Waals surface area contributed by atoms with E-state index in [-0.39, 0.29) is 12.1 Å². The number of nitrogens with two attached hydrogens (primary N) is 1. The molecule has 102 valence electrons. The van der Waals surface area contributed by atoms with Gasteiger partial charge in [-0.05, 0) is 32.9 Å². The first kappa shape index (κ1) is 13.6. The summed E-state index contributed by atoms with van der Waals surface area (Å²) in [4.78, 5) is 8.49. The zero-order chi connectivity index (χ0) is 13.8. The Kier molecular flexibility index (Phi) is 4.24. The molecule has 6 nitrogen and oxygen atoms in total. The van der Waals surface area contributed by atoms with Gasteiger partial charge in [-0.15, -0.1) is 0 Å². The Hall–Kier alpha value is -1.79. The van der Waals surface area contributed by atoms with Crippen LogP contribution < -0.4 is 5.73 Å². The average molecular weight is 262 g/mol. The maximum atomic E-state index is 5.69. The molecule has 2 aromatic rings. The minimum absolute atomic E-state index is 0.167. The first-order valence-electron chi connectivity index (χ1n) is 6.22. The molecule has 0 amide bonds. The summed E-state index contributed by atoms with van der Waals surface area (Å²) in [5.41, 5.74) is 7.36. The van der Waals surface area contributed by atoms with Crippen LogP contribution in [0.4, 0.5) is 0 Å². The van der Waals surface area contributed by atoms with Gasteiger partial charge in [0.2, 0.25) is 11.7 Å². The molecule has 0 spiro atoms. The summed E-state index contributed by atoms with van der Waals surface area (Å²) in [5, 5.41) is 3.91. The van der Waals surface area contributed by atoms with Crippen LogP contribution in [-0.4, -0.2) is 21.2 Å². The molecule has 2 N–H and O–H groups in total. The highest BCUT2D eigenvalue weighted by atomic mass is 16.5. The van der Waals surface area contributed by atoms with Crippen LogP contribution in [0.2, 0.25) is 0 Å². The van der Waals surface area contributed by atoms with Gasteiger partial charge >= 0.3 is 0 Å². The molecular weight excluding hydrogens is 244 g/mol. The van der Waals surface area contributed by atoms with E-state index < -0.39 is 0 Å². The molecule has 19 heavy (non-hydrogen) atoms. The van der Waals surface area contributed by atoms with E-state index in [4.69, 9.17) is 15.0 Å². The van der Waals surface area contributed by atoms with Crippen molar-refractivity contribution in [2.45, 2.75) is 39.5 Å². The molecule has 1 atom stereocenters. The second-order valence-electron chi connectivity index (χ2n) is 4.64. The lowest BCUT2D eigenvalue weighted by molar-refractivity contribution is 0.0636. The highest BCUT2D eigenvalue weighted by Gasteiger charge is 2.12. The molecule has 0 radical (unpaired) electrons. The smallest absolute Gasteiger partial charge is 0.243 e. The second-order valence-corrected chi connectivity index (χ2v) is 4.64. The maximum Gasteiger partial charge on any atom is 0.243 e. The summed E-state index contributed by atoms with van der Waals surface area (Å²) in [6, 6.07) is 3.44. The number of hydrogen-bond acceptors (Lipinski definition) is 6. The molecule has 0 saturated carbocycles. The van der Waals surface area contributed by atoms with E-state index in [0.29, 0.717) is 18.3 Å². The average Bonchev–Trinajstić information content (AvgIpc) is 2.86. The fourth-order valence-electron chi connectivity index (χ4n) is 1.49. The fraction of sp³-hybridized carbons (Fsp3) is 0.462. The Bertz CT molecular complexity index is 537. The van der Waals surface area contributed by atoms with Gasteiger partial charge in [0.05, 0.1) is 24.4 Å². The zero-order valence-corrected chi connectivity index (χ0v) is 11.3. The number of pyridine rings is 1. The maximum absolute atomic E-state index is 5.69. The van der Waals surface area contributed by atoms with Crippen LogP contribution in [0.15, 0.2) is 22.9 Å². The minimum atomic E-state index is -0.271. The normalized spacial score (nSPS) is 12.9. The van der Waals surface area contributed by atoms with Crippen molar-refractivity contribution in [2.75, 3.05) is 0 Å². The number of rotatable bonds is 5. The highest BCUT2D eigenvalue weighted by Crippen LogP contribution is 2.18. The van der Waals surface area contributed by atoms with Crippen molar-refractivity contribution in [3.8, 4) is 11.4 Å². The molecule has 0 fully saturated rings. The van der Waals surface area contributed by atoms with Gasteiger partial charge in [-0.1, -0.05) is 5.16 Å². The van der Waals surface area contributed by atoms with Gasteiger partial charge < -0.3 is 15.0 Å². The van der Waals surface area contributed by atoms with Gasteiger partial charge in [0.15, 0.2) is 0 Å². The Balaban J connectivity index is 2.17. The molecule has 2 aromatic heterocycles. The van der Waals surface area contributed by atoms with Crippen molar-refractivity contribution < 1.29 is 9.26 Å². The monoisotopic (exact) mass is 262 g/mol. The van der Waals surface area contributed by atoms with E-state index in [0.717, 1.165) is 11.3 Å². The van der Waals surface area contributed by atoms with Gasteiger partial charge in [-0.3, -0.25) is 4.98 Å². The number of ether oxygens (including phenoxy) is 1. The summed E-state index contributed by atoms with van der Waals surface area (Å²) in [7, 11) is 0. The summed E-state index contributed by atoms with van der Waals surface area (Å²) < 4.78 is 10.6. The molecule has 0 aliphatic rings. The third-order valence-electron chi connectivity index (χ3n) is 2.47. The zero-order valence-electron chi connectivity index (χ0n) is 11.3. The molecule has 0 aliphatic carbocycles. The molecular formula is C13H18N4O2. The second kappa shape index (κ2) is 5.90. The van der Waals surface area contributed by atoms with Crippen LogP contribution in [0, 0.1) is 0 Å². The van der Waals surface area contributed by atoms with Crippen molar-refractivity contribution in [2.24, 2.45) is 5.73 Å². The third-order valence-corrected chi connectivity index (χ3v) is 2.47. The topological polar surface area (TPSA) is 87.1 Å². The first-order valence-corrected chi connectivity index (χ1v) is 6.22. The van der Waals surface area contributed by atoms with E-state index >= 15 is 0 Å². The largest absolute Gasteiger partial charge is 0.373 e.